The van der Waals surface area contributed by atoms with Gasteiger partial charge in [-0.25, -0.2) is 17.2 Å². The van der Waals surface area contributed by atoms with Gasteiger partial charge < -0.3 is 4.74 Å². The third-order valence-corrected chi connectivity index (χ3v) is 5.09. The summed E-state index contributed by atoms with van der Waals surface area (Å²) in [6, 6.07) is 14.7. The smallest absolute Gasteiger partial charge is 0.275 e. The van der Waals surface area contributed by atoms with E-state index in [0.29, 0.717) is 23.9 Å². The first-order chi connectivity index (χ1) is 13.2. The van der Waals surface area contributed by atoms with Gasteiger partial charge in [-0.05, 0) is 42.0 Å². The lowest BCUT2D eigenvalue weighted by molar-refractivity contribution is -0.127. The van der Waals surface area contributed by atoms with Crippen molar-refractivity contribution in [2.75, 3.05) is 0 Å². The average Bonchev–Trinajstić information content (AvgIpc) is 2.65. The molecule has 3 aromatic carbocycles. The largest absolute Gasteiger partial charge is 0.481 e. The van der Waals surface area contributed by atoms with Crippen molar-refractivity contribution in [1.29, 1.82) is 0 Å². The van der Waals surface area contributed by atoms with E-state index >= 15 is 0 Å². The fourth-order valence-corrected chi connectivity index (χ4v) is 3.35. The van der Waals surface area contributed by atoms with Gasteiger partial charge in [0.05, 0.1) is 4.90 Å². The molecule has 1 amide bonds. The van der Waals surface area contributed by atoms with Crippen LogP contribution >= 0.6 is 0 Å². The van der Waals surface area contributed by atoms with E-state index < -0.39 is 38.6 Å². The highest BCUT2D eigenvalue weighted by molar-refractivity contribution is 7.89. The van der Waals surface area contributed by atoms with Crippen LogP contribution in [0.5, 0.6) is 5.75 Å². The van der Waals surface area contributed by atoms with Gasteiger partial charge in [-0.2, -0.15) is 0 Å². The van der Waals surface area contributed by atoms with Crippen LogP contribution in [0.15, 0.2) is 65.6 Å². The molecule has 1 atom stereocenters. The zero-order chi connectivity index (χ0) is 20.3. The minimum Gasteiger partial charge on any atom is -0.481 e. The summed E-state index contributed by atoms with van der Waals surface area (Å²) in [5.41, 5.74) is 1.97. The molecule has 0 bridgehead atoms. The zero-order valence-corrected chi connectivity index (χ0v) is 15.5. The fraction of sp³-hybridized carbons (Fsp3) is 0.105. The predicted octanol–water partition coefficient (Wildman–Crippen LogP) is 2.90. The van der Waals surface area contributed by atoms with Gasteiger partial charge >= 0.3 is 0 Å². The van der Waals surface area contributed by atoms with E-state index in [1.165, 1.54) is 6.92 Å². The number of sulfonamides is 1. The van der Waals surface area contributed by atoms with Crippen molar-refractivity contribution in [2.24, 2.45) is 0 Å². The first kappa shape index (κ1) is 19.7. The van der Waals surface area contributed by atoms with Crippen LogP contribution in [0.2, 0.25) is 0 Å². The van der Waals surface area contributed by atoms with Crippen LogP contribution in [0, 0.1) is 11.6 Å². The van der Waals surface area contributed by atoms with Crippen LogP contribution in [0.25, 0.3) is 10.8 Å². The van der Waals surface area contributed by atoms with Gasteiger partial charge in [0.1, 0.15) is 17.4 Å². The fourth-order valence-electron chi connectivity index (χ4n) is 2.46. The molecular formula is C19H16F2N2O4S. The standard InChI is InChI=1S/C19H16F2N2O4S/c1-12(27-17-7-6-13-4-2-3-5-14(13)8-17)19(24)22-23-28(25,26)18-10-15(20)9-16(21)11-18/h2-12,23H,1H3,(H,22,24). The van der Waals surface area contributed by atoms with Crippen molar-refractivity contribution in [1.82, 2.24) is 10.3 Å². The summed E-state index contributed by atoms with van der Waals surface area (Å²) in [4.78, 5) is 13.2. The van der Waals surface area contributed by atoms with E-state index in [4.69, 9.17) is 4.74 Å². The summed E-state index contributed by atoms with van der Waals surface area (Å²) in [5, 5.41) is 1.92. The number of nitrogens with one attached hydrogen (secondary N) is 2. The molecular weight excluding hydrogens is 390 g/mol. The number of rotatable bonds is 6. The number of carbonyl (C=O) groups is 1. The monoisotopic (exact) mass is 406 g/mol. The lowest BCUT2D eigenvalue weighted by Gasteiger charge is -2.15. The number of fused-ring (bicyclic) bond motifs is 1. The number of halogens is 2. The normalized spacial score (nSPS) is 12.5. The second-order valence-electron chi connectivity index (χ2n) is 5.97. The van der Waals surface area contributed by atoms with Crippen LogP contribution in [0.4, 0.5) is 8.78 Å². The summed E-state index contributed by atoms with van der Waals surface area (Å²) in [6.07, 6.45) is -1.03. The highest BCUT2D eigenvalue weighted by Crippen LogP contribution is 2.21. The number of carbonyl (C=O) groups excluding carboxylic acids is 1. The van der Waals surface area contributed by atoms with Crippen LogP contribution in [-0.4, -0.2) is 20.4 Å². The van der Waals surface area contributed by atoms with E-state index in [1.54, 1.807) is 17.0 Å². The second-order valence-corrected chi connectivity index (χ2v) is 7.65. The lowest BCUT2D eigenvalue weighted by Crippen LogP contribution is -2.47. The number of hydrogen-bond acceptors (Lipinski definition) is 4. The van der Waals surface area contributed by atoms with E-state index in [9.17, 15) is 22.0 Å². The lowest BCUT2D eigenvalue weighted by atomic mass is 10.1. The first-order valence-electron chi connectivity index (χ1n) is 8.18. The van der Waals surface area contributed by atoms with E-state index in [0.717, 1.165) is 10.8 Å². The predicted molar refractivity (Wildman–Crippen MR) is 98.9 cm³/mol. The second kappa shape index (κ2) is 7.91. The van der Waals surface area contributed by atoms with Crippen LogP contribution in [-0.2, 0) is 14.8 Å². The summed E-state index contributed by atoms with van der Waals surface area (Å²) in [6.45, 7) is 1.43. The quantitative estimate of drug-likeness (QED) is 0.617. The number of hydrazine groups is 1. The Morgan fingerprint density at radius 1 is 0.964 bits per heavy atom. The molecule has 6 nitrogen and oxygen atoms in total. The van der Waals surface area contributed by atoms with E-state index in [2.05, 4.69) is 0 Å². The summed E-state index contributed by atoms with van der Waals surface area (Å²) < 4.78 is 56.1. The molecule has 28 heavy (non-hydrogen) atoms. The maximum Gasteiger partial charge on any atom is 0.275 e. The Bertz CT molecular complexity index is 1120. The molecule has 3 rings (SSSR count). The molecule has 0 aliphatic carbocycles. The van der Waals surface area contributed by atoms with Gasteiger partial charge in [0.25, 0.3) is 15.9 Å². The van der Waals surface area contributed by atoms with Gasteiger partial charge in [-0.3, -0.25) is 10.2 Å². The van der Waals surface area contributed by atoms with Gasteiger partial charge in [-0.1, -0.05) is 30.3 Å². The molecule has 146 valence electrons. The molecule has 0 saturated carbocycles. The highest BCUT2D eigenvalue weighted by atomic mass is 32.2. The van der Waals surface area contributed by atoms with Gasteiger partial charge in [-0.15, -0.1) is 4.83 Å². The molecule has 0 saturated heterocycles. The van der Waals surface area contributed by atoms with Crippen LogP contribution in [0.3, 0.4) is 0 Å². The molecule has 9 heteroatoms. The summed E-state index contributed by atoms with van der Waals surface area (Å²) in [5.74, 6) is -2.47. The third kappa shape index (κ3) is 4.62. The SMILES string of the molecule is CC(Oc1ccc2ccccc2c1)C(=O)NNS(=O)(=O)c1cc(F)cc(F)c1. The van der Waals surface area contributed by atoms with Crippen LogP contribution in [0.1, 0.15) is 6.92 Å². The molecule has 0 radical (unpaired) electrons. The Kier molecular flexibility index (Phi) is 5.57. The van der Waals surface area contributed by atoms with Gasteiger partial charge in [0.2, 0.25) is 0 Å². The molecule has 0 aromatic heterocycles. The molecule has 0 heterocycles. The maximum absolute atomic E-state index is 13.2. The number of amides is 1. The summed E-state index contributed by atoms with van der Waals surface area (Å²) in [7, 11) is -4.35. The maximum atomic E-state index is 13.2. The molecule has 0 aliphatic heterocycles. The zero-order valence-electron chi connectivity index (χ0n) is 14.6. The van der Waals surface area contributed by atoms with Crippen molar-refractivity contribution < 1.29 is 26.7 Å². The summed E-state index contributed by atoms with van der Waals surface area (Å²) >= 11 is 0. The molecule has 0 fully saturated rings. The van der Waals surface area contributed by atoms with Crippen molar-refractivity contribution in [2.45, 2.75) is 17.9 Å². The number of benzene rings is 3. The van der Waals surface area contributed by atoms with E-state index in [1.807, 2.05) is 35.8 Å². The van der Waals surface area contributed by atoms with Gasteiger partial charge in [0, 0.05) is 6.07 Å². The van der Waals surface area contributed by atoms with Crippen molar-refractivity contribution in [3.05, 3.63) is 72.3 Å². The molecule has 1 unspecified atom stereocenters. The topological polar surface area (TPSA) is 84.5 Å². The van der Waals surface area contributed by atoms with Crippen LogP contribution < -0.4 is 15.0 Å². The van der Waals surface area contributed by atoms with E-state index in [-0.39, 0.29) is 0 Å². The minimum absolute atomic E-state index is 0.427. The highest BCUT2D eigenvalue weighted by Gasteiger charge is 2.20. The Morgan fingerprint density at radius 3 is 2.29 bits per heavy atom. The first-order valence-corrected chi connectivity index (χ1v) is 9.66. The van der Waals surface area contributed by atoms with Crippen molar-refractivity contribution in [3.63, 3.8) is 0 Å². The number of ether oxygens (including phenoxy) is 1. The Hall–Kier alpha value is -3.04. The third-order valence-electron chi connectivity index (χ3n) is 3.86. The molecule has 0 spiro atoms. The number of hydrogen-bond donors (Lipinski definition) is 2. The molecule has 0 aliphatic rings. The Balaban J connectivity index is 1.64. The minimum atomic E-state index is -4.35. The van der Waals surface area contributed by atoms with Crippen molar-refractivity contribution >= 4 is 26.7 Å². The van der Waals surface area contributed by atoms with Gasteiger partial charge in [0.15, 0.2) is 6.10 Å². The average molecular weight is 406 g/mol. The Morgan fingerprint density at radius 2 is 1.61 bits per heavy atom. The van der Waals surface area contributed by atoms with Crippen molar-refractivity contribution in [3.8, 4) is 5.75 Å². The molecule has 2 N–H and O–H groups in total. The molecule has 3 aromatic rings. The Labute approximate surface area is 160 Å².